The molecule has 1 aromatic rings. The van der Waals surface area contributed by atoms with Crippen molar-refractivity contribution in [1.29, 1.82) is 0 Å². The van der Waals surface area contributed by atoms with Crippen LogP contribution in [0.1, 0.15) is 49.4 Å². The number of nitrogen functional groups attached to an aromatic ring is 1. The van der Waals surface area contributed by atoms with Gasteiger partial charge in [0.2, 0.25) is 0 Å². The normalized spacial score (nSPS) is 22.0. The summed E-state index contributed by atoms with van der Waals surface area (Å²) < 4.78 is 0. The molecule has 0 aliphatic heterocycles. The molecule has 2 rings (SSSR count). The average Bonchev–Trinajstić information content (AvgIpc) is 2.46. The molecular weight excluding hydrogens is 307 g/mol. The van der Waals surface area contributed by atoms with Gasteiger partial charge in [0.05, 0.1) is 15.7 Å². The molecule has 116 valence electrons. The SMILES string of the molecule is CC1CCC(CCNC(=O)c2cc(N)c(Cl)c(Cl)c2)CC1. The smallest absolute Gasteiger partial charge is 0.251 e. The van der Waals surface area contributed by atoms with Gasteiger partial charge in [-0.2, -0.15) is 0 Å². The Morgan fingerprint density at radius 1 is 1.29 bits per heavy atom. The fraction of sp³-hybridized carbons (Fsp3) is 0.562. The van der Waals surface area contributed by atoms with E-state index in [9.17, 15) is 4.79 Å². The number of nitrogens with two attached hydrogens (primary N) is 1. The van der Waals surface area contributed by atoms with Gasteiger partial charge in [0.25, 0.3) is 5.91 Å². The van der Waals surface area contributed by atoms with Crippen LogP contribution in [-0.2, 0) is 0 Å². The lowest BCUT2D eigenvalue weighted by molar-refractivity contribution is 0.0949. The highest BCUT2D eigenvalue weighted by Crippen LogP contribution is 2.30. The molecule has 0 aromatic heterocycles. The Labute approximate surface area is 136 Å². The molecule has 0 unspecified atom stereocenters. The monoisotopic (exact) mass is 328 g/mol. The minimum absolute atomic E-state index is 0.149. The molecule has 1 fully saturated rings. The van der Waals surface area contributed by atoms with Crippen LogP contribution in [0.5, 0.6) is 0 Å². The van der Waals surface area contributed by atoms with Crippen molar-refractivity contribution >= 4 is 34.8 Å². The van der Waals surface area contributed by atoms with Crippen molar-refractivity contribution in [2.75, 3.05) is 12.3 Å². The van der Waals surface area contributed by atoms with Crippen LogP contribution in [0.25, 0.3) is 0 Å². The van der Waals surface area contributed by atoms with Gasteiger partial charge in [-0.25, -0.2) is 0 Å². The molecular formula is C16H22Cl2N2O. The first-order valence-corrected chi connectivity index (χ1v) is 8.25. The first-order chi connectivity index (χ1) is 9.97. The van der Waals surface area contributed by atoms with Crippen molar-refractivity contribution in [1.82, 2.24) is 5.32 Å². The molecule has 1 aliphatic rings. The van der Waals surface area contributed by atoms with Gasteiger partial charge in [0.1, 0.15) is 0 Å². The molecule has 0 atom stereocenters. The Hall–Kier alpha value is -0.930. The van der Waals surface area contributed by atoms with Crippen molar-refractivity contribution in [2.45, 2.75) is 39.0 Å². The number of rotatable bonds is 4. The summed E-state index contributed by atoms with van der Waals surface area (Å²) in [5, 5.41) is 3.54. The van der Waals surface area contributed by atoms with Gasteiger partial charge in [0.15, 0.2) is 0 Å². The Balaban J connectivity index is 1.82. The van der Waals surface area contributed by atoms with Crippen molar-refractivity contribution < 1.29 is 4.79 Å². The van der Waals surface area contributed by atoms with Crippen molar-refractivity contribution in [3.05, 3.63) is 27.7 Å². The van der Waals surface area contributed by atoms with Crippen LogP contribution < -0.4 is 11.1 Å². The minimum atomic E-state index is -0.149. The van der Waals surface area contributed by atoms with E-state index in [1.165, 1.54) is 25.7 Å². The highest BCUT2D eigenvalue weighted by Gasteiger charge is 2.18. The molecule has 1 aliphatic carbocycles. The number of halogens is 2. The summed E-state index contributed by atoms with van der Waals surface area (Å²) in [7, 11) is 0. The Morgan fingerprint density at radius 3 is 2.57 bits per heavy atom. The predicted octanol–water partition coefficient (Wildman–Crippen LogP) is 4.52. The molecule has 0 radical (unpaired) electrons. The Bertz CT molecular complexity index is 488. The van der Waals surface area contributed by atoms with E-state index in [2.05, 4.69) is 12.2 Å². The van der Waals surface area contributed by atoms with Crippen LogP contribution in [0.3, 0.4) is 0 Å². The second kappa shape index (κ2) is 7.37. The highest BCUT2D eigenvalue weighted by atomic mass is 35.5. The third kappa shape index (κ3) is 4.52. The molecule has 0 spiro atoms. The first-order valence-electron chi connectivity index (χ1n) is 7.50. The van der Waals surface area contributed by atoms with E-state index in [1.807, 2.05) is 0 Å². The van der Waals surface area contributed by atoms with Crippen LogP contribution in [0.4, 0.5) is 5.69 Å². The quantitative estimate of drug-likeness (QED) is 0.798. The van der Waals surface area contributed by atoms with E-state index in [1.54, 1.807) is 12.1 Å². The van der Waals surface area contributed by atoms with E-state index < -0.39 is 0 Å². The number of benzene rings is 1. The number of carbonyl (C=O) groups excluding carboxylic acids is 1. The van der Waals surface area contributed by atoms with Gasteiger partial charge in [0, 0.05) is 12.1 Å². The summed E-state index contributed by atoms with van der Waals surface area (Å²) in [6, 6.07) is 3.11. The lowest BCUT2D eigenvalue weighted by Crippen LogP contribution is -2.27. The maximum Gasteiger partial charge on any atom is 0.251 e. The minimum Gasteiger partial charge on any atom is -0.397 e. The van der Waals surface area contributed by atoms with Gasteiger partial charge < -0.3 is 11.1 Å². The second-order valence-electron chi connectivity index (χ2n) is 6.03. The van der Waals surface area contributed by atoms with Crippen molar-refractivity contribution in [3.8, 4) is 0 Å². The van der Waals surface area contributed by atoms with Crippen LogP contribution >= 0.6 is 23.2 Å². The van der Waals surface area contributed by atoms with Crippen LogP contribution in [0.2, 0.25) is 10.0 Å². The maximum atomic E-state index is 12.1. The van der Waals surface area contributed by atoms with Gasteiger partial charge >= 0.3 is 0 Å². The zero-order valence-corrected chi connectivity index (χ0v) is 13.8. The van der Waals surface area contributed by atoms with E-state index in [0.29, 0.717) is 27.8 Å². The lowest BCUT2D eigenvalue weighted by atomic mass is 9.81. The fourth-order valence-electron chi connectivity index (χ4n) is 2.85. The highest BCUT2D eigenvalue weighted by molar-refractivity contribution is 6.43. The standard InChI is InChI=1S/C16H22Cl2N2O/c1-10-2-4-11(5-3-10)6-7-20-16(21)12-8-13(17)15(18)14(19)9-12/h8-11H,2-7,19H2,1H3,(H,20,21). The zero-order chi connectivity index (χ0) is 15.4. The molecule has 3 nitrogen and oxygen atoms in total. The third-order valence-electron chi connectivity index (χ3n) is 4.29. The van der Waals surface area contributed by atoms with E-state index >= 15 is 0 Å². The molecule has 3 N–H and O–H groups in total. The van der Waals surface area contributed by atoms with Crippen LogP contribution in [0, 0.1) is 11.8 Å². The molecule has 21 heavy (non-hydrogen) atoms. The molecule has 1 aromatic carbocycles. The number of hydrogen-bond acceptors (Lipinski definition) is 2. The molecule has 0 bridgehead atoms. The predicted molar refractivity (Wildman–Crippen MR) is 88.9 cm³/mol. The third-order valence-corrected chi connectivity index (χ3v) is 5.11. The molecule has 0 saturated heterocycles. The Morgan fingerprint density at radius 2 is 1.95 bits per heavy atom. The molecule has 5 heteroatoms. The second-order valence-corrected chi connectivity index (χ2v) is 6.82. The van der Waals surface area contributed by atoms with Crippen molar-refractivity contribution in [3.63, 3.8) is 0 Å². The molecule has 1 saturated carbocycles. The van der Waals surface area contributed by atoms with Crippen LogP contribution in [-0.4, -0.2) is 12.5 Å². The van der Waals surface area contributed by atoms with Crippen LogP contribution in [0.15, 0.2) is 12.1 Å². The topological polar surface area (TPSA) is 55.1 Å². The van der Waals surface area contributed by atoms with E-state index in [4.69, 9.17) is 28.9 Å². The zero-order valence-electron chi connectivity index (χ0n) is 12.3. The largest absolute Gasteiger partial charge is 0.397 e. The molecule has 1 amide bonds. The summed E-state index contributed by atoms with van der Waals surface area (Å²) in [6.07, 6.45) is 6.20. The summed E-state index contributed by atoms with van der Waals surface area (Å²) in [5.41, 5.74) is 6.51. The lowest BCUT2D eigenvalue weighted by Gasteiger charge is -2.26. The van der Waals surface area contributed by atoms with Gasteiger partial charge in [-0.05, 0) is 30.4 Å². The first kappa shape index (κ1) is 16.4. The summed E-state index contributed by atoms with van der Waals surface area (Å²) in [5.74, 6) is 1.44. The van der Waals surface area contributed by atoms with E-state index in [-0.39, 0.29) is 5.91 Å². The average molecular weight is 329 g/mol. The Kier molecular flexibility index (Phi) is 5.77. The summed E-state index contributed by atoms with van der Waals surface area (Å²) in [6.45, 7) is 3.00. The number of hydrogen-bond donors (Lipinski definition) is 2. The number of nitrogens with one attached hydrogen (secondary N) is 1. The maximum absolute atomic E-state index is 12.1. The number of carbonyl (C=O) groups is 1. The summed E-state index contributed by atoms with van der Waals surface area (Å²) in [4.78, 5) is 12.1. The number of amides is 1. The van der Waals surface area contributed by atoms with Crippen molar-refractivity contribution in [2.24, 2.45) is 11.8 Å². The van der Waals surface area contributed by atoms with Gasteiger partial charge in [-0.3, -0.25) is 4.79 Å². The van der Waals surface area contributed by atoms with E-state index in [0.717, 1.165) is 18.3 Å². The number of anilines is 1. The van der Waals surface area contributed by atoms with Gasteiger partial charge in [-0.15, -0.1) is 0 Å². The molecule has 0 heterocycles. The van der Waals surface area contributed by atoms with Gasteiger partial charge in [-0.1, -0.05) is 55.8 Å². The summed E-state index contributed by atoms with van der Waals surface area (Å²) >= 11 is 11.8. The fourth-order valence-corrected chi connectivity index (χ4v) is 3.19.